The van der Waals surface area contributed by atoms with Crippen molar-refractivity contribution in [2.75, 3.05) is 0 Å². The van der Waals surface area contributed by atoms with Gasteiger partial charge in [-0.3, -0.25) is 0 Å². The molecule has 33 heavy (non-hydrogen) atoms. The average Bonchev–Trinajstić information content (AvgIpc) is 3.21. The third-order valence-corrected chi connectivity index (χ3v) is 10.7. The van der Waals surface area contributed by atoms with E-state index in [1.54, 1.807) is 18.2 Å². The zero-order chi connectivity index (χ0) is 24.2. The summed E-state index contributed by atoms with van der Waals surface area (Å²) in [6, 6.07) is 10.6. The van der Waals surface area contributed by atoms with Crippen LogP contribution in [0.3, 0.4) is 0 Å². The van der Waals surface area contributed by atoms with E-state index in [-0.39, 0.29) is 32.9 Å². The molecule has 0 bridgehead atoms. The molecule has 0 aliphatic rings. The molecule has 0 spiro atoms. The van der Waals surface area contributed by atoms with Crippen molar-refractivity contribution in [1.29, 1.82) is 0 Å². The fourth-order valence-electron chi connectivity index (χ4n) is 2.44. The zero-order valence-electron chi connectivity index (χ0n) is 19.0. The number of nitrogens with zero attached hydrogens (tertiary/aromatic N) is 3. The second-order valence-electron chi connectivity index (χ2n) is 8.79. The number of benzene rings is 1. The van der Waals surface area contributed by atoms with Crippen LogP contribution in [-0.2, 0) is 15.8 Å². The van der Waals surface area contributed by atoms with E-state index in [4.69, 9.17) is 53.7 Å². The predicted octanol–water partition coefficient (Wildman–Crippen LogP) is 6.76. The molecular formula is C22H25Cl2N3O4SSi. The van der Waals surface area contributed by atoms with Crippen LogP contribution < -0.4 is 4.74 Å². The zero-order valence-corrected chi connectivity index (χ0v) is 22.3. The van der Waals surface area contributed by atoms with Crippen molar-refractivity contribution in [1.82, 2.24) is 15.2 Å². The third kappa shape index (κ3) is 6.74. The summed E-state index contributed by atoms with van der Waals surface area (Å²) >= 11 is 17.4. The Hall–Kier alpha value is -2.04. The number of pyridine rings is 1. The number of aromatic nitrogens is 3. The minimum absolute atomic E-state index is 0.0498. The Labute approximate surface area is 209 Å². The van der Waals surface area contributed by atoms with Crippen molar-refractivity contribution in [3.8, 4) is 5.75 Å². The smallest absolute Gasteiger partial charge is 0.358 e. The van der Waals surface area contributed by atoms with Gasteiger partial charge in [-0.15, -0.1) is 10.2 Å². The molecule has 0 radical (unpaired) electrons. The summed E-state index contributed by atoms with van der Waals surface area (Å²) < 4.78 is 23.5. The highest BCUT2D eigenvalue weighted by molar-refractivity contribution is 7.79. The highest BCUT2D eigenvalue weighted by Crippen LogP contribution is 2.37. The first-order chi connectivity index (χ1) is 15.5. The summed E-state index contributed by atoms with van der Waals surface area (Å²) in [5, 5.41) is 8.59. The maximum Gasteiger partial charge on any atom is 0.358 e. The van der Waals surface area contributed by atoms with E-state index in [1.807, 2.05) is 18.2 Å². The highest BCUT2D eigenvalue weighted by atomic mass is 35.5. The van der Waals surface area contributed by atoms with Crippen LogP contribution in [0.4, 0.5) is 0 Å². The third-order valence-electron chi connectivity index (χ3n) is 5.35. The number of para-hydroxylation sites is 1. The lowest BCUT2D eigenvalue weighted by molar-refractivity contribution is 0.155. The van der Waals surface area contributed by atoms with Crippen molar-refractivity contribution in [3.63, 3.8) is 0 Å². The van der Waals surface area contributed by atoms with E-state index in [9.17, 15) is 0 Å². The lowest BCUT2D eigenvalue weighted by atomic mass is 10.1. The maximum atomic E-state index is 6.17. The summed E-state index contributed by atoms with van der Waals surface area (Å²) in [6.45, 7) is 11.0. The fraction of sp³-hybridized carbons (Fsp3) is 0.364. The summed E-state index contributed by atoms with van der Waals surface area (Å²) in [4.78, 5) is 4.08. The van der Waals surface area contributed by atoms with E-state index in [0.717, 1.165) is 0 Å². The van der Waals surface area contributed by atoms with Crippen LogP contribution in [-0.4, -0.2) is 28.7 Å². The van der Waals surface area contributed by atoms with Gasteiger partial charge in [-0.1, -0.05) is 62.2 Å². The first kappa shape index (κ1) is 25.6. The minimum Gasteiger partial charge on any atom is -0.438 e. The minimum atomic E-state index is -1.99. The number of ether oxygens (including phenoxy) is 2. The Morgan fingerprint density at radius 1 is 1.15 bits per heavy atom. The molecule has 0 fully saturated rings. The summed E-state index contributed by atoms with van der Waals surface area (Å²) in [7, 11) is -1.99. The van der Waals surface area contributed by atoms with Crippen LogP contribution in [0, 0.1) is 0 Å². The van der Waals surface area contributed by atoms with Crippen LogP contribution >= 0.6 is 35.4 Å². The molecule has 7 nitrogen and oxygen atoms in total. The molecule has 11 heteroatoms. The lowest BCUT2D eigenvalue weighted by Crippen LogP contribution is -2.40. The molecule has 0 N–H and O–H groups in total. The summed E-state index contributed by atoms with van der Waals surface area (Å²) in [5.41, 5.74) is 0.518. The van der Waals surface area contributed by atoms with Gasteiger partial charge < -0.3 is 18.3 Å². The molecule has 0 saturated carbocycles. The molecule has 0 aliphatic heterocycles. The molecule has 2 aromatic heterocycles. The van der Waals surface area contributed by atoms with Crippen LogP contribution in [0.2, 0.25) is 28.3 Å². The molecule has 3 rings (SSSR count). The Kier molecular flexibility index (Phi) is 8.12. The van der Waals surface area contributed by atoms with Gasteiger partial charge in [0.25, 0.3) is 5.89 Å². The van der Waals surface area contributed by atoms with Gasteiger partial charge in [0.15, 0.2) is 8.32 Å². The van der Waals surface area contributed by atoms with Crippen molar-refractivity contribution < 1.29 is 18.3 Å². The molecule has 1 aromatic carbocycles. The standard InChI is InChI=1S/C22H25Cl2N3O4SSi/c1-22(2,3)33(4,5)28-13-17-26-27-20(30-17)18(14-11-16(23)19(24)25-12-14)31-21(32)29-15-9-7-6-8-10-15/h6-12,18H,13H2,1-5H3. The molecule has 176 valence electrons. The molecule has 2 heterocycles. The molecule has 1 atom stereocenters. The van der Waals surface area contributed by atoms with E-state index in [2.05, 4.69) is 49.0 Å². The Balaban J connectivity index is 1.82. The lowest BCUT2D eigenvalue weighted by Gasteiger charge is -2.35. The number of thiocarbonyl (C=S) groups is 1. The van der Waals surface area contributed by atoms with Gasteiger partial charge >= 0.3 is 5.24 Å². The average molecular weight is 527 g/mol. The van der Waals surface area contributed by atoms with Gasteiger partial charge in [0.1, 0.15) is 17.5 Å². The predicted molar refractivity (Wildman–Crippen MR) is 133 cm³/mol. The van der Waals surface area contributed by atoms with Gasteiger partial charge in [-0.05, 0) is 36.3 Å². The Morgan fingerprint density at radius 3 is 2.48 bits per heavy atom. The molecular weight excluding hydrogens is 501 g/mol. The van der Waals surface area contributed by atoms with Crippen LogP contribution in [0.1, 0.15) is 44.2 Å². The van der Waals surface area contributed by atoms with Gasteiger partial charge in [0.05, 0.1) is 5.02 Å². The highest BCUT2D eigenvalue weighted by Gasteiger charge is 2.37. The van der Waals surface area contributed by atoms with Crippen molar-refractivity contribution in [3.05, 3.63) is 70.1 Å². The van der Waals surface area contributed by atoms with Crippen molar-refractivity contribution in [2.45, 2.75) is 51.6 Å². The van der Waals surface area contributed by atoms with E-state index >= 15 is 0 Å². The van der Waals surface area contributed by atoms with Gasteiger partial charge in [0.2, 0.25) is 12.0 Å². The van der Waals surface area contributed by atoms with Crippen LogP contribution in [0.25, 0.3) is 0 Å². The summed E-state index contributed by atoms with van der Waals surface area (Å²) in [5.74, 6) is 1.01. The van der Waals surface area contributed by atoms with Crippen molar-refractivity contribution in [2.24, 2.45) is 0 Å². The second kappa shape index (κ2) is 10.5. The Morgan fingerprint density at radius 2 is 1.85 bits per heavy atom. The SMILES string of the molecule is CC(C)(C)[Si](C)(C)OCc1nnc(C(OC(=S)Oc2ccccc2)c2cnc(Cl)c(Cl)c2)o1. The quantitative estimate of drug-likeness (QED) is 0.190. The molecule has 0 saturated heterocycles. The number of hydrogen-bond acceptors (Lipinski definition) is 8. The van der Waals surface area contributed by atoms with Crippen molar-refractivity contribution >= 4 is 49.0 Å². The largest absolute Gasteiger partial charge is 0.438 e. The number of halogens is 2. The van der Waals surface area contributed by atoms with E-state index in [1.165, 1.54) is 6.20 Å². The van der Waals surface area contributed by atoms with Gasteiger partial charge in [0, 0.05) is 24.0 Å². The molecule has 1 unspecified atom stereocenters. The number of rotatable bonds is 7. The molecule has 3 aromatic rings. The number of hydrogen-bond donors (Lipinski definition) is 0. The fourth-order valence-corrected chi connectivity index (χ4v) is 3.82. The topological polar surface area (TPSA) is 79.5 Å². The first-order valence-corrected chi connectivity index (χ1v) is 14.2. The normalized spacial score (nSPS) is 12.9. The summed E-state index contributed by atoms with van der Waals surface area (Å²) in [6.07, 6.45) is 0.595. The maximum absolute atomic E-state index is 6.17. The monoisotopic (exact) mass is 525 g/mol. The van der Waals surface area contributed by atoms with Crippen LogP contribution in [0.15, 0.2) is 47.0 Å². The first-order valence-electron chi connectivity index (χ1n) is 10.2. The Bertz CT molecular complexity index is 1110. The van der Waals surface area contributed by atoms with E-state index < -0.39 is 14.4 Å². The van der Waals surface area contributed by atoms with E-state index in [0.29, 0.717) is 17.2 Å². The van der Waals surface area contributed by atoms with Crippen LogP contribution in [0.5, 0.6) is 5.75 Å². The molecule has 0 amide bonds. The van der Waals surface area contributed by atoms with Gasteiger partial charge in [-0.25, -0.2) is 4.98 Å². The van der Waals surface area contributed by atoms with Gasteiger partial charge in [-0.2, -0.15) is 0 Å². The second-order valence-corrected chi connectivity index (χ2v) is 14.7. The molecule has 0 aliphatic carbocycles.